The lowest BCUT2D eigenvalue weighted by Gasteiger charge is -2.25. The summed E-state index contributed by atoms with van der Waals surface area (Å²) in [5, 5.41) is 6.09. The van der Waals surface area contributed by atoms with Gasteiger partial charge < -0.3 is 4.74 Å². The van der Waals surface area contributed by atoms with Gasteiger partial charge in [0.25, 0.3) is 5.91 Å². The Hall–Kier alpha value is -1.63. The predicted octanol–water partition coefficient (Wildman–Crippen LogP) is 4.19. The van der Waals surface area contributed by atoms with Crippen LogP contribution in [0.3, 0.4) is 0 Å². The molecule has 5 nitrogen and oxygen atoms in total. The zero-order valence-electron chi connectivity index (χ0n) is 14.2. The van der Waals surface area contributed by atoms with Gasteiger partial charge in [-0.15, -0.1) is 11.3 Å². The van der Waals surface area contributed by atoms with Gasteiger partial charge in [-0.2, -0.15) is 0 Å². The average Bonchev–Trinajstić information content (AvgIpc) is 3.04. The molecule has 0 saturated carbocycles. The van der Waals surface area contributed by atoms with Crippen LogP contribution in [0.4, 0.5) is 5.13 Å². The van der Waals surface area contributed by atoms with Crippen LogP contribution in [0.25, 0.3) is 0 Å². The molecule has 2 aromatic rings. The van der Waals surface area contributed by atoms with Gasteiger partial charge in [0.15, 0.2) is 11.2 Å². The van der Waals surface area contributed by atoms with Crippen molar-refractivity contribution in [2.45, 2.75) is 38.8 Å². The molecule has 0 unspecified atom stereocenters. The summed E-state index contributed by atoms with van der Waals surface area (Å²) in [6, 6.07) is 6.95. The normalized spacial score (nSPS) is 16.4. The lowest BCUT2D eigenvalue weighted by atomic mass is 10.1. The Labute approximate surface area is 157 Å². The fraction of sp³-hybridized carbons (Fsp3) is 0.444. The number of anilines is 1. The van der Waals surface area contributed by atoms with Crippen molar-refractivity contribution < 1.29 is 9.53 Å². The molecule has 0 aliphatic carbocycles. The summed E-state index contributed by atoms with van der Waals surface area (Å²) in [5.74, 6) is 0.394. The highest BCUT2D eigenvalue weighted by Crippen LogP contribution is 2.20. The number of piperidine rings is 1. The van der Waals surface area contributed by atoms with E-state index in [1.165, 1.54) is 30.6 Å². The van der Waals surface area contributed by atoms with Gasteiger partial charge in [-0.05, 0) is 57.1 Å². The smallest absolute Gasteiger partial charge is 0.266 e. The number of hydrogen-bond donors (Lipinski definition) is 1. The monoisotopic (exact) mass is 379 g/mol. The van der Waals surface area contributed by atoms with Gasteiger partial charge in [-0.3, -0.25) is 15.0 Å². The van der Waals surface area contributed by atoms with E-state index in [1.54, 1.807) is 31.2 Å². The number of carbonyl (C=O) groups is 1. The Morgan fingerprint density at radius 1 is 1.32 bits per heavy atom. The summed E-state index contributed by atoms with van der Waals surface area (Å²) >= 11 is 7.29. The van der Waals surface area contributed by atoms with Crippen LogP contribution < -0.4 is 10.1 Å². The first kappa shape index (κ1) is 18.2. The maximum Gasteiger partial charge on any atom is 0.266 e. The maximum absolute atomic E-state index is 12.3. The summed E-state index contributed by atoms with van der Waals surface area (Å²) in [6.45, 7) is 4.83. The standard InChI is InChI=1S/C18H22ClN3O2S/c1-13(24-16-7-5-14(19)6-8-16)17(23)21-18-20-15(12-25-18)11-22-9-3-2-4-10-22/h5-8,12-13H,2-4,9-11H2,1H3,(H,20,21,23)/t13-/m1/s1. The van der Waals surface area contributed by atoms with Gasteiger partial charge in [0, 0.05) is 16.9 Å². The molecule has 1 saturated heterocycles. The van der Waals surface area contributed by atoms with Gasteiger partial charge in [0.05, 0.1) is 5.69 Å². The number of nitrogens with one attached hydrogen (secondary N) is 1. The largest absolute Gasteiger partial charge is 0.481 e. The van der Waals surface area contributed by atoms with Crippen molar-refractivity contribution in [2.75, 3.05) is 18.4 Å². The highest BCUT2D eigenvalue weighted by atomic mass is 35.5. The molecule has 3 rings (SSSR count). The quantitative estimate of drug-likeness (QED) is 0.817. The SMILES string of the molecule is C[C@@H](Oc1ccc(Cl)cc1)C(=O)Nc1nc(CN2CCCCC2)cs1. The number of hydrogen-bond acceptors (Lipinski definition) is 5. The number of nitrogens with zero attached hydrogens (tertiary/aromatic N) is 2. The molecular weight excluding hydrogens is 358 g/mol. The zero-order valence-corrected chi connectivity index (χ0v) is 15.8. The van der Waals surface area contributed by atoms with Crippen molar-refractivity contribution in [3.63, 3.8) is 0 Å². The summed E-state index contributed by atoms with van der Waals surface area (Å²) in [6.07, 6.45) is 3.22. The van der Waals surface area contributed by atoms with Crippen LogP contribution in [0.2, 0.25) is 5.02 Å². The Morgan fingerprint density at radius 2 is 2.04 bits per heavy atom. The zero-order chi connectivity index (χ0) is 17.6. The molecule has 0 radical (unpaired) electrons. The minimum atomic E-state index is -0.615. The molecule has 1 aromatic heterocycles. The lowest BCUT2D eigenvalue weighted by molar-refractivity contribution is -0.122. The number of thiazole rings is 1. The van der Waals surface area contributed by atoms with Crippen molar-refractivity contribution >= 4 is 34.0 Å². The van der Waals surface area contributed by atoms with Crippen molar-refractivity contribution in [3.8, 4) is 5.75 Å². The first-order chi connectivity index (χ1) is 12.1. The molecule has 134 valence electrons. The molecule has 1 aliphatic heterocycles. The molecule has 1 fully saturated rings. The first-order valence-corrected chi connectivity index (χ1v) is 9.76. The molecule has 0 bridgehead atoms. The topological polar surface area (TPSA) is 54.5 Å². The second-order valence-electron chi connectivity index (χ2n) is 6.18. The van der Waals surface area contributed by atoms with Gasteiger partial charge >= 0.3 is 0 Å². The molecule has 1 atom stereocenters. The highest BCUT2D eigenvalue weighted by molar-refractivity contribution is 7.13. The number of halogens is 1. The summed E-state index contributed by atoms with van der Waals surface area (Å²) in [5.41, 5.74) is 1.01. The highest BCUT2D eigenvalue weighted by Gasteiger charge is 2.17. The Balaban J connectivity index is 1.51. The first-order valence-electron chi connectivity index (χ1n) is 8.50. The molecule has 1 aliphatic rings. The van der Waals surface area contributed by atoms with Crippen LogP contribution in [0.5, 0.6) is 5.75 Å². The fourth-order valence-electron chi connectivity index (χ4n) is 2.76. The third kappa shape index (κ3) is 5.42. The number of amides is 1. The van der Waals surface area contributed by atoms with Crippen LogP contribution in [-0.4, -0.2) is 35.0 Å². The van der Waals surface area contributed by atoms with E-state index >= 15 is 0 Å². The van der Waals surface area contributed by atoms with E-state index in [2.05, 4.69) is 15.2 Å². The second kappa shape index (κ2) is 8.65. The third-order valence-corrected chi connectivity index (χ3v) is 5.17. The van der Waals surface area contributed by atoms with Crippen molar-refractivity contribution in [3.05, 3.63) is 40.4 Å². The van der Waals surface area contributed by atoms with E-state index in [-0.39, 0.29) is 5.91 Å². The van der Waals surface area contributed by atoms with Crippen LogP contribution in [0.15, 0.2) is 29.6 Å². The van der Waals surface area contributed by atoms with Crippen LogP contribution in [0.1, 0.15) is 31.9 Å². The number of aromatic nitrogens is 1. The molecule has 0 spiro atoms. The van der Waals surface area contributed by atoms with E-state index in [0.717, 1.165) is 25.3 Å². The minimum Gasteiger partial charge on any atom is -0.481 e. The molecule has 1 amide bonds. The van der Waals surface area contributed by atoms with Crippen molar-refractivity contribution in [1.29, 1.82) is 0 Å². The fourth-order valence-corrected chi connectivity index (χ4v) is 3.59. The summed E-state index contributed by atoms with van der Waals surface area (Å²) < 4.78 is 5.63. The number of ether oxygens (including phenoxy) is 1. The average molecular weight is 380 g/mol. The molecule has 1 N–H and O–H groups in total. The van der Waals surface area contributed by atoms with Crippen molar-refractivity contribution in [2.24, 2.45) is 0 Å². The summed E-state index contributed by atoms with van der Waals surface area (Å²) in [4.78, 5) is 19.2. The van der Waals surface area contributed by atoms with Gasteiger partial charge in [-0.1, -0.05) is 18.0 Å². The van der Waals surface area contributed by atoms with Crippen LogP contribution >= 0.6 is 22.9 Å². The second-order valence-corrected chi connectivity index (χ2v) is 7.48. The van der Waals surface area contributed by atoms with E-state index in [1.807, 2.05) is 5.38 Å². The Kier molecular flexibility index (Phi) is 6.29. The van der Waals surface area contributed by atoms with E-state index in [9.17, 15) is 4.79 Å². The van der Waals surface area contributed by atoms with E-state index in [0.29, 0.717) is 15.9 Å². The lowest BCUT2D eigenvalue weighted by Crippen LogP contribution is -2.30. The van der Waals surface area contributed by atoms with E-state index < -0.39 is 6.10 Å². The number of carbonyl (C=O) groups excluding carboxylic acids is 1. The number of likely N-dealkylation sites (tertiary alicyclic amines) is 1. The molecule has 7 heteroatoms. The maximum atomic E-state index is 12.3. The minimum absolute atomic E-state index is 0.214. The molecule has 25 heavy (non-hydrogen) atoms. The van der Waals surface area contributed by atoms with Crippen LogP contribution in [0, 0.1) is 0 Å². The van der Waals surface area contributed by atoms with Gasteiger partial charge in [0.2, 0.25) is 0 Å². The van der Waals surface area contributed by atoms with Gasteiger partial charge in [0.1, 0.15) is 5.75 Å². The molecular formula is C18H22ClN3O2S. The summed E-state index contributed by atoms with van der Waals surface area (Å²) in [7, 11) is 0. The third-order valence-electron chi connectivity index (χ3n) is 4.11. The van der Waals surface area contributed by atoms with Crippen LogP contribution in [-0.2, 0) is 11.3 Å². The Bertz CT molecular complexity index is 699. The molecule has 1 aromatic carbocycles. The van der Waals surface area contributed by atoms with E-state index in [4.69, 9.17) is 16.3 Å². The molecule has 2 heterocycles. The predicted molar refractivity (Wildman–Crippen MR) is 101 cm³/mol. The van der Waals surface area contributed by atoms with Gasteiger partial charge in [-0.25, -0.2) is 4.98 Å². The number of benzene rings is 1. The number of rotatable bonds is 6. The Morgan fingerprint density at radius 3 is 2.76 bits per heavy atom. The van der Waals surface area contributed by atoms with Crippen molar-refractivity contribution in [1.82, 2.24) is 9.88 Å².